The highest BCUT2D eigenvalue weighted by Gasteiger charge is 2.28. The molecule has 1 N–H and O–H groups in total. The largest absolute Gasteiger partial charge is 0.316 e. The molecule has 18 heavy (non-hydrogen) atoms. The summed E-state index contributed by atoms with van der Waals surface area (Å²) in [4.78, 5) is 0. The maximum absolute atomic E-state index is 12.4. The van der Waals surface area contributed by atoms with Crippen LogP contribution < -0.4 is 5.32 Å². The normalized spacial score (nSPS) is 21.7. The molecule has 0 bridgehead atoms. The van der Waals surface area contributed by atoms with Crippen molar-refractivity contribution in [1.29, 1.82) is 0 Å². The molecule has 1 aliphatic heterocycles. The molecule has 5 nitrogen and oxygen atoms in total. The number of hydrogen-bond donors (Lipinski definition) is 1. The number of rotatable bonds is 7. The molecular formula is C12H27N3O2S. The Balaban J connectivity index is 2.69. The summed E-state index contributed by atoms with van der Waals surface area (Å²) in [7, 11) is -3.27. The molecule has 1 rings (SSSR count). The minimum atomic E-state index is -3.27. The molecule has 1 atom stereocenters. The first-order valence-corrected chi connectivity index (χ1v) is 8.41. The fourth-order valence-electron chi connectivity index (χ4n) is 2.47. The molecular weight excluding hydrogens is 250 g/mol. The molecule has 0 spiro atoms. The van der Waals surface area contributed by atoms with Gasteiger partial charge in [0.15, 0.2) is 0 Å². The number of nitrogens with one attached hydrogen (secondary N) is 1. The molecule has 0 aliphatic carbocycles. The smallest absolute Gasteiger partial charge is 0.281 e. The summed E-state index contributed by atoms with van der Waals surface area (Å²) in [5.74, 6) is 0.448. The third kappa shape index (κ3) is 3.91. The summed E-state index contributed by atoms with van der Waals surface area (Å²) in [5.41, 5.74) is 0. The van der Waals surface area contributed by atoms with Crippen molar-refractivity contribution in [3.8, 4) is 0 Å². The first-order chi connectivity index (χ1) is 8.56. The fourth-order valence-corrected chi connectivity index (χ4v) is 4.17. The third-order valence-corrected chi connectivity index (χ3v) is 5.80. The van der Waals surface area contributed by atoms with Gasteiger partial charge in [-0.3, -0.25) is 0 Å². The zero-order chi connectivity index (χ0) is 13.6. The zero-order valence-electron chi connectivity index (χ0n) is 11.9. The van der Waals surface area contributed by atoms with Crippen molar-refractivity contribution < 1.29 is 8.42 Å². The van der Waals surface area contributed by atoms with Crippen LogP contribution in [0.2, 0.25) is 0 Å². The first kappa shape index (κ1) is 15.9. The highest BCUT2D eigenvalue weighted by Crippen LogP contribution is 2.16. The third-order valence-electron chi connectivity index (χ3n) is 3.57. The SMILES string of the molecule is CCN(CC)S(=O)(=O)N(CC)CC1CCCNC1. The predicted molar refractivity (Wildman–Crippen MR) is 74.7 cm³/mol. The van der Waals surface area contributed by atoms with E-state index in [1.165, 1.54) is 4.31 Å². The number of nitrogens with zero attached hydrogens (tertiary/aromatic N) is 2. The van der Waals surface area contributed by atoms with Gasteiger partial charge in [-0.1, -0.05) is 20.8 Å². The highest BCUT2D eigenvalue weighted by molar-refractivity contribution is 7.86. The minimum Gasteiger partial charge on any atom is -0.316 e. The van der Waals surface area contributed by atoms with Crippen LogP contribution in [0, 0.1) is 5.92 Å². The van der Waals surface area contributed by atoms with Crippen LogP contribution in [0.25, 0.3) is 0 Å². The summed E-state index contributed by atoms with van der Waals surface area (Å²) in [6.07, 6.45) is 2.27. The average molecular weight is 277 g/mol. The van der Waals surface area contributed by atoms with Gasteiger partial charge in [0, 0.05) is 26.2 Å². The Labute approximate surface area is 112 Å². The average Bonchev–Trinajstić information content (AvgIpc) is 2.38. The van der Waals surface area contributed by atoms with Crippen LogP contribution in [0.15, 0.2) is 0 Å². The molecule has 1 saturated heterocycles. The number of hydrogen-bond acceptors (Lipinski definition) is 3. The van der Waals surface area contributed by atoms with Crippen LogP contribution in [-0.2, 0) is 10.2 Å². The maximum atomic E-state index is 12.4. The van der Waals surface area contributed by atoms with Crippen molar-refractivity contribution in [3.05, 3.63) is 0 Å². The van der Waals surface area contributed by atoms with Crippen LogP contribution in [0.3, 0.4) is 0 Å². The van der Waals surface area contributed by atoms with E-state index in [2.05, 4.69) is 5.32 Å². The van der Waals surface area contributed by atoms with E-state index in [9.17, 15) is 8.42 Å². The first-order valence-electron chi connectivity index (χ1n) is 7.02. The standard InChI is InChI=1S/C12H27N3O2S/c1-4-14(5-2)18(16,17)15(6-3)11-12-8-7-9-13-10-12/h12-13H,4-11H2,1-3H3. The van der Waals surface area contributed by atoms with Crippen molar-refractivity contribution in [2.45, 2.75) is 33.6 Å². The molecule has 0 aromatic heterocycles. The van der Waals surface area contributed by atoms with Gasteiger partial charge in [-0.05, 0) is 31.8 Å². The molecule has 108 valence electrons. The Morgan fingerprint density at radius 2 is 1.72 bits per heavy atom. The van der Waals surface area contributed by atoms with Gasteiger partial charge in [0.05, 0.1) is 0 Å². The maximum Gasteiger partial charge on any atom is 0.281 e. The van der Waals surface area contributed by atoms with Crippen molar-refractivity contribution in [2.75, 3.05) is 39.3 Å². The van der Waals surface area contributed by atoms with Gasteiger partial charge in [0.2, 0.25) is 0 Å². The van der Waals surface area contributed by atoms with Gasteiger partial charge in [-0.2, -0.15) is 17.0 Å². The van der Waals surface area contributed by atoms with Crippen LogP contribution in [0.5, 0.6) is 0 Å². The highest BCUT2D eigenvalue weighted by atomic mass is 32.2. The lowest BCUT2D eigenvalue weighted by Crippen LogP contribution is -2.47. The van der Waals surface area contributed by atoms with E-state index >= 15 is 0 Å². The van der Waals surface area contributed by atoms with Crippen molar-refractivity contribution in [2.24, 2.45) is 5.92 Å². The second kappa shape index (κ2) is 7.43. The molecule has 1 fully saturated rings. The second-order valence-electron chi connectivity index (χ2n) is 4.76. The molecule has 1 unspecified atom stereocenters. The molecule has 6 heteroatoms. The van der Waals surface area contributed by atoms with E-state index in [1.807, 2.05) is 20.8 Å². The molecule has 0 aromatic carbocycles. The van der Waals surface area contributed by atoms with Gasteiger partial charge >= 0.3 is 0 Å². The van der Waals surface area contributed by atoms with Gasteiger partial charge in [-0.15, -0.1) is 0 Å². The Morgan fingerprint density at radius 3 is 2.17 bits per heavy atom. The summed E-state index contributed by atoms with van der Waals surface area (Å²) in [5, 5.41) is 3.34. The van der Waals surface area contributed by atoms with E-state index < -0.39 is 10.2 Å². The predicted octanol–water partition coefficient (Wildman–Crippen LogP) is 0.895. The van der Waals surface area contributed by atoms with E-state index in [-0.39, 0.29) is 0 Å². The van der Waals surface area contributed by atoms with E-state index in [1.54, 1.807) is 4.31 Å². The molecule has 1 heterocycles. The van der Waals surface area contributed by atoms with E-state index in [0.717, 1.165) is 25.9 Å². The Bertz CT molecular complexity index is 322. The second-order valence-corrected chi connectivity index (χ2v) is 6.68. The van der Waals surface area contributed by atoms with Crippen LogP contribution in [0.1, 0.15) is 33.6 Å². The van der Waals surface area contributed by atoms with Gasteiger partial charge in [0.25, 0.3) is 10.2 Å². The molecule has 0 radical (unpaired) electrons. The lowest BCUT2D eigenvalue weighted by atomic mass is 10.00. The van der Waals surface area contributed by atoms with Crippen molar-refractivity contribution >= 4 is 10.2 Å². The summed E-state index contributed by atoms with van der Waals surface area (Å²) in [6, 6.07) is 0. The van der Waals surface area contributed by atoms with Gasteiger partial charge in [-0.25, -0.2) is 0 Å². The monoisotopic (exact) mass is 277 g/mol. The van der Waals surface area contributed by atoms with Gasteiger partial charge < -0.3 is 5.32 Å². The van der Waals surface area contributed by atoms with Crippen LogP contribution in [-0.4, -0.2) is 56.3 Å². The summed E-state index contributed by atoms with van der Waals surface area (Å²) >= 11 is 0. The zero-order valence-corrected chi connectivity index (χ0v) is 12.7. The van der Waals surface area contributed by atoms with Crippen molar-refractivity contribution in [1.82, 2.24) is 13.9 Å². The van der Waals surface area contributed by atoms with Gasteiger partial charge in [0.1, 0.15) is 0 Å². The van der Waals surface area contributed by atoms with Crippen molar-refractivity contribution in [3.63, 3.8) is 0 Å². The lowest BCUT2D eigenvalue weighted by Gasteiger charge is -2.32. The lowest BCUT2D eigenvalue weighted by molar-refractivity contribution is 0.280. The Morgan fingerprint density at radius 1 is 1.11 bits per heavy atom. The fraction of sp³-hybridized carbons (Fsp3) is 1.00. The molecule has 0 amide bonds. The Hall–Kier alpha value is -0.170. The minimum absolute atomic E-state index is 0.448. The quantitative estimate of drug-likeness (QED) is 0.752. The van der Waals surface area contributed by atoms with E-state index in [0.29, 0.717) is 32.1 Å². The topological polar surface area (TPSA) is 52.7 Å². The molecule has 0 aromatic rings. The summed E-state index contributed by atoms with van der Waals surface area (Å²) < 4.78 is 28.0. The number of piperidine rings is 1. The molecule has 0 saturated carbocycles. The van der Waals surface area contributed by atoms with Crippen LogP contribution >= 0.6 is 0 Å². The van der Waals surface area contributed by atoms with E-state index in [4.69, 9.17) is 0 Å². The Kier molecular flexibility index (Phi) is 6.55. The summed E-state index contributed by atoms with van der Waals surface area (Å²) in [6.45, 7) is 9.95. The van der Waals surface area contributed by atoms with Crippen LogP contribution in [0.4, 0.5) is 0 Å². The molecule has 1 aliphatic rings.